The van der Waals surface area contributed by atoms with Crippen LogP contribution in [-0.4, -0.2) is 24.5 Å². The molecule has 0 amide bonds. The topological polar surface area (TPSA) is 27.0 Å². The van der Waals surface area contributed by atoms with Gasteiger partial charge < -0.3 is 0 Å². The molecule has 2 heteroatoms. The first-order chi connectivity index (χ1) is 7.72. The highest BCUT2D eigenvalue weighted by Gasteiger charge is 2.29. The smallest absolute Gasteiger partial charge is 0.104 e. The molecule has 1 aromatic rings. The largest absolute Gasteiger partial charge is 0.291 e. The molecule has 1 aromatic carbocycles. The molecule has 1 aliphatic heterocycles. The van der Waals surface area contributed by atoms with E-state index in [1.807, 2.05) is 7.05 Å². The lowest BCUT2D eigenvalue weighted by atomic mass is 9.84. The summed E-state index contributed by atoms with van der Waals surface area (Å²) in [6.45, 7) is 3.14. The summed E-state index contributed by atoms with van der Waals surface area (Å²) in [5.41, 5.74) is 2.59. The molecule has 1 saturated heterocycles. The lowest BCUT2D eigenvalue weighted by Crippen LogP contribution is -2.40. The fourth-order valence-corrected chi connectivity index (χ4v) is 2.52. The normalized spacial score (nSPS) is 26.3. The van der Waals surface area contributed by atoms with Gasteiger partial charge in [0.05, 0.1) is 6.07 Å². The Balaban J connectivity index is 2.25. The molecular weight excluding hydrogens is 196 g/mol. The number of likely N-dealkylation sites (tertiary alicyclic amines) is 1. The molecule has 0 aliphatic carbocycles. The van der Waals surface area contributed by atoms with Crippen molar-refractivity contribution in [3.8, 4) is 6.07 Å². The van der Waals surface area contributed by atoms with E-state index in [2.05, 4.69) is 42.2 Å². The summed E-state index contributed by atoms with van der Waals surface area (Å²) in [5, 5.41) is 9.26. The zero-order valence-corrected chi connectivity index (χ0v) is 9.98. The molecule has 2 nitrogen and oxygen atoms in total. The Morgan fingerprint density at radius 1 is 1.31 bits per heavy atom. The third-order valence-electron chi connectivity index (χ3n) is 3.52. The molecular formula is C14H18N2. The number of hydrogen-bond acceptors (Lipinski definition) is 2. The second-order valence-corrected chi connectivity index (χ2v) is 4.71. The van der Waals surface area contributed by atoms with Crippen molar-refractivity contribution >= 4 is 0 Å². The number of nitrogens with zero attached hydrogens (tertiary/aromatic N) is 2. The average Bonchev–Trinajstić information content (AvgIpc) is 2.30. The summed E-state index contributed by atoms with van der Waals surface area (Å²) in [7, 11) is 2.05. The van der Waals surface area contributed by atoms with Crippen LogP contribution in [0, 0.1) is 18.3 Å². The molecule has 0 N–H and O–H groups in total. The van der Waals surface area contributed by atoms with Crippen LogP contribution in [0.3, 0.4) is 0 Å². The minimum Gasteiger partial charge on any atom is -0.291 e. The fraction of sp³-hybridized carbons (Fsp3) is 0.500. The maximum atomic E-state index is 9.26. The van der Waals surface area contributed by atoms with Crippen LogP contribution in [-0.2, 0) is 0 Å². The van der Waals surface area contributed by atoms with Gasteiger partial charge in [-0.25, -0.2) is 0 Å². The summed E-state index contributed by atoms with van der Waals surface area (Å²) in [6.07, 6.45) is 2.32. The van der Waals surface area contributed by atoms with Crippen molar-refractivity contribution in [1.29, 1.82) is 5.26 Å². The number of hydrogen-bond donors (Lipinski definition) is 0. The Kier molecular flexibility index (Phi) is 3.26. The van der Waals surface area contributed by atoms with E-state index < -0.39 is 0 Å². The van der Waals surface area contributed by atoms with E-state index in [1.54, 1.807) is 0 Å². The molecule has 0 radical (unpaired) electrons. The van der Waals surface area contributed by atoms with E-state index in [0.717, 1.165) is 13.0 Å². The van der Waals surface area contributed by atoms with Crippen molar-refractivity contribution in [2.24, 2.45) is 0 Å². The average molecular weight is 214 g/mol. The van der Waals surface area contributed by atoms with Gasteiger partial charge in [0.1, 0.15) is 6.04 Å². The van der Waals surface area contributed by atoms with Crippen molar-refractivity contribution in [3.05, 3.63) is 35.4 Å². The van der Waals surface area contributed by atoms with Gasteiger partial charge in [0.2, 0.25) is 0 Å². The van der Waals surface area contributed by atoms with E-state index >= 15 is 0 Å². The first-order valence-corrected chi connectivity index (χ1v) is 5.89. The van der Waals surface area contributed by atoms with Crippen molar-refractivity contribution < 1.29 is 0 Å². The highest BCUT2D eigenvalue weighted by molar-refractivity contribution is 5.28. The zero-order valence-electron chi connectivity index (χ0n) is 9.98. The van der Waals surface area contributed by atoms with E-state index in [1.165, 1.54) is 17.5 Å². The maximum absolute atomic E-state index is 9.26. The van der Waals surface area contributed by atoms with Gasteiger partial charge in [0, 0.05) is 5.92 Å². The number of nitriles is 1. The zero-order chi connectivity index (χ0) is 11.5. The lowest BCUT2D eigenvalue weighted by Gasteiger charge is -2.35. The van der Waals surface area contributed by atoms with E-state index in [-0.39, 0.29) is 6.04 Å². The van der Waals surface area contributed by atoms with Crippen molar-refractivity contribution in [1.82, 2.24) is 4.90 Å². The maximum Gasteiger partial charge on any atom is 0.104 e. The van der Waals surface area contributed by atoms with Crippen LogP contribution in [0.1, 0.15) is 29.9 Å². The summed E-state index contributed by atoms with van der Waals surface area (Å²) in [4.78, 5) is 2.17. The molecule has 1 heterocycles. The third kappa shape index (κ3) is 2.10. The van der Waals surface area contributed by atoms with Crippen LogP contribution in [0.25, 0.3) is 0 Å². The van der Waals surface area contributed by atoms with Crippen molar-refractivity contribution in [3.63, 3.8) is 0 Å². The Bertz CT molecular complexity index is 388. The van der Waals surface area contributed by atoms with Gasteiger partial charge in [-0.2, -0.15) is 5.26 Å². The molecule has 0 aromatic heterocycles. The number of rotatable bonds is 1. The van der Waals surface area contributed by atoms with Gasteiger partial charge >= 0.3 is 0 Å². The van der Waals surface area contributed by atoms with Crippen LogP contribution in [0.4, 0.5) is 0 Å². The first kappa shape index (κ1) is 11.2. The highest BCUT2D eigenvalue weighted by Crippen LogP contribution is 2.31. The standard InChI is InChI=1S/C14H18N2/c1-11-5-7-12(8-6-11)13-4-3-9-16(2)14(13)10-15/h5-8,13-14H,3-4,9H2,1-2H3/t13-,14-/m1/s1. The quantitative estimate of drug-likeness (QED) is 0.718. The Morgan fingerprint density at radius 3 is 2.62 bits per heavy atom. The minimum atomic E-state index is 0.0384. The third-order valence-corrected chi connectivity index (χ3v) is 3.52. The second kappa shape index (κ2) is 4.67. The van der Waals surface area contributed by atoms with Crippen LogP contribution in [0.15, 0.2) is 24.3 Å². The van der Waals surface area contributed by atoms with Gasteiger partial charge in [-0.1, -0.05) is 29.8 Å². The Morgan fingerprint density at radius 2 is 2.00 bits per heavy atom. The molecule has 0 unspecified atom stereocenters. The Hall–Kier alpha value is -1.33. The molecule has 0 bridgehead atoms. The lowest BCUT2D eigenvalue weighted by molar-refractivity contribution is 0.201. The molecule has 2 atom stereocenters. The van der Waals surface area contributed by atoms with Crippen LogP contribution in [0.2, 0.25) is 0 Å². The molecule has 0 spiro atoms. The molecule has 1 aliphatic rings. The van der Waals surface area contributed by atoms with E-state index in [0.29, 0.717) is 5.92 Å². The van der Waals surface area contributed by atoms with Crippen LogP contribution >= 0.6 is 0 Å². The fourth-order valence-electron chi connectivity index (χ4n) is 2.52. The second-order valence-electron chi connectivity index (χ2n) is 4.71. The summed E-state index contributed by atoms with van der Waals surface area (Å²) >= 11 is 0. The van der Waals surface area contributed by atoms with Gasteiger partial charge in [-0.3, -0.25) is 4.90 Å². The van der Waals surface area contributed by atoms with E-state index in [4.69, 9.17) is 0 Å². The minimum absolute atomic E-state index is 0.0384. The SMILES string of the molecule is Cc1ccc([C@H]2CCCN(C)[C@@H]2C#N)cc1. The monoisotopic (exact) mass is 214 g/mol. The van der Waals surface area contributed by atoms with Gasteiger partial charge in [-0.15, -0.1) is 0 Å². The predicted octanol–water partition coefficient (Wildman–Crippen LogP) is 2.70. The molecule has 0 saturated carbocycles. The molecule has 1 fully saturated rings. The number of piperidine rings is 1. The number of likely N-dealkylation sites (N-methyl/N-ethyl adjacent to an activating group) is 1. The van der Waals surface area contributed by atoms with E-state index in [9.17, 15) is 5.26 Å². The first-order valence-electron chi connectivity index (χ1n) is 5.89. The summed E-state index contributed by atoms with van der Waals surface area (Å²) < 4.78 is 0. The number of benzene rings is 1. The van der Waals surface area contributed by atoms with Gasteiger partial charge in [-0.05, 0) is 38.9 Å². The van der Waals surface area contributed by atoms with Gasteiger partial charge in [0.15, 0.2) is 0 Å². The molecule has 84 valence electrons. The molecule has 16 heavy (non-hydrogen) atoms. The van der Waals surface area contributed by atoms with Crippen molar-refractivity contribution in [2.75, 3.05) is 13.6 Å². The van der Waals surface area contributed by atoms with Gasteiger partial charge in [0.25, 0.3) is 0 Å². The summed E-state index contributed by atoms with van der Waals surface area (Å²) in [5.74, 6) is 0.379. The molecule has 2 rings (SSSR count). The predicted molar refractivity (Wildman–Crippen MR) is 65.2 cm³/mol. The highest BCUT2D eigenvalue weighted by atomic mass is 15.1. The summed E-state index contributed by atoms with van der Waals surface area (Å²) in [6, 6.07) is 11.1. The Labute approximate surface area is 97.5 Å². The van der Waals surface area contributed by atoms with Crippen LogP contribution in [0.5, 0.6) is 0 Å². The van der Waals surface area contributed by atoms with Crippen LogP contribution < -0.4 is 0 Å². The number of aryl methyl sites for hydroxylation is 1. The van der Waals surface area contributed by atoms with Crippen molar-refractivity contribution in [2.45, 2.75) is 31.7 Å².